The van der Waals surface area contributed by atoms with Gasteiger partial charge in [0.15, 0.2) is 17.5 Å². The van der Waals surface area contributed by atoms with E-state index in [4.69, 9.17) is 15.0 Å². The molecule has 0 unspecified atom stereocenters. The van der Waals surface area contributed by atoms with Crippen LogP contribution in [0.5, 0.6) is 0 Å². The van der Waals surface area contributed by atoms with Crippen LogP contribution >= 0.6 is 22.7 Å². The molecule has 9 aromatic carbocycles. The number of hydrogen-bond acceptors (Lipinski definition) is 5. The highest BCUT2D eigenvalue weighted by atomic mass is 32.1. The third-order valence-corrected chi connectivity index (χ3v) is 15.2. The minimum Gasteiger partial charge on any atom is -0.309 e. The van der Waals surface area contributed by atoms with Crippen molar-refractivity contribution in [2.24, 2.45) is 0 Å². The van der Waals surface area contributed by atoms with Gasteiger partial charge < -0.3 is 9.13 Å². The summed E-state index contributed by atoms with van der Waals surface area (Å²) in [7, 11) is 0. The van der Waals surface area contributed by atoms with Gasteiger partial charge >= 0.3 is 0 Å². The van der Waals surface area contributed by atoms with E-state index in [9.17, 15) is 0 Å². The van der Waals surface area contributed by atoms with Gasteiger partial charge in [-0.15, -0.1) is 22.7 Å². The Bertz CT molecular complexity index is 4140. The van der Waals surface area contributed by atoms with Gasteiger partial charge in [0.2, 0.25) is 0 Å². The summed E-state index contributed by atoms with van der Waals surface area (Å²) in [6.07, 6.45) is 0. The fourth-order valence-electron chi connectivity index (χ4n) is 9.97. The van der Waals surface area contributed by atoms with E-state index in [0.29, 0.717) is 17.5 Å². The molecule has 0 amide bonds. The smallest absolute Gasteiger partial charge is 0.166 e. The van der Waals surface area contributed by atoms with Crippen molar-refractivity contribution in [3.8, 4) is 45.5 Å². The number of nitrogens with zero attached hydrogens (tertiary/aromatic N) is 5. The topological polar surface area (TPSA) is 48.5 Å². The van der Waals surface area contributed by atoms with E-state index in [2.05, 4.69) is 173 Å². The molecular formula is C57H33N5S2. The standard InChI is InChI=1S/C57H33N5S2/c1-3-15-34(16-4-1)55-58-56(35-17-5-2-6-18-35)60-57(59-55)43-33-36(61-44-23-11-7-21-41(44)51-47(61)31-28-39-37-19-9-13-25-49(37)63-53(39)51)27-30-46(43)62-45-24-12-8-22-42(45)52-48(62)32-29-40-38-20-10-14-26-50(38)64-54(40)52/h1-33H. The molecule has 0 bridgehead atoms. The highest BCUT2D eigenvalue weighted by molar-refractivity contribution is 7.27. The molecule has 64 heavy (non-hydrogen) atoms. The van der Waals surface area contributed by atoms with E-state index in [1.807, 2.05) is 59.1 Å². The van der Waals surface area contributed by atoms with Crippen molar-refractivity contribution in [2.75, 3.05) is 0 Å². The second-order valence-corrected chi connectivity index (χ2v) is 18.4. The lowest BCUT2D eigenvalue weighted by molar-refractivity contribution is 1.06. The molecule has 5 nitrogen and oxygen atoms in total. The Balaban J connectivity index is 1.10. The Kier molecular flexibility index (Phi) is 7.66. The molecule has 0 saturated carbocycles. The van der Waals surface area contributed by atoms with E-state index < -0.39 is 0 Å². The third-order valence-electron chi connectivity index (χ3n) is 12.8. The Morgan fingerprint density at radius 3 is 1.34 bits per heavy atom. The van der Waals surface area contributed by atoms with Gasteiger partial charge in [0.25, 0.3) is 0 Å². The molecule has 0 saturated heterocycles. The van der Waals surface area contributed by atoms with Gasteiger partial charge in [-0.2, -0.15) is 0 Å². The summed E-state index contributed by atoms with van der Waals surface area (Å²) < 4.78 is 10.0. The largest absolute Gasteiger partial charge is 0.309 e. The lowest BCUT2D eigenvalue weighted by atomic mass is 10.1. The zero-order valence-electron chi connectivity index (χ0n) is 34.1. The number of para-hydroxylation sites is 2. The van der Waals surface area contributed by atoms with Crippen LogP contribution in [0.4, 0.5) is 0 Å². The molecule has 14 rings (SSSR count). The first-order chi connectivity index (χ1) is 31.7. The molecule has 0 aliphatic rings. The summed E-state index contributed by atoms with van der Waals surface area (Å²) in [5.74, 6) is 1.85. The molecule has 7 heteroatoms. The van der Waals surface area contributed by atoms with Crippen LogP contribution in [0.25, 0.3) is 129 Å². The maximum atomic E-state index is 5.38. The van der Waals surface area contributed by atoms with Gasteiger partial charge in [0, 0.05) is 84.3 Å². The van der Waals surface area contributed by atoms with Crippen LogP contribution < -0.4 is 0 Å². The lowest BCUT2D eigenvalue weighted by Gasteiger charge is -2.17. The molecule has 5 heterocycles. The number of thiophene rings is 2. The Hall–Kier alpha value is -7.97. The second kappa shape index (κ2) is 13.8. The van der Waals surface area contributed by atoms with Crippen LogP contribution in [0, 0.1) is 0 Å². The van der Waals surface area contributed by atoms with E-state index in [1.54, 1.807) is 0 Å². The molecule has 298 valence electrons. The van der Waals surface area contributed by atoms with Crippen LogP contribution in [0.15, 0.2) is 200 Å². The van der Waals surface area contributed by atoms with Crippen molar-refractivity contribution in [2.45, 2.75) is 0 Å². The molecule has 0 fully saturated rings. The first-order valence-electron chi connectivity index (χ1n) is 21.4. The van der Waals surface area contributed by atoms with Crippen molar-refractivity contribution in [3.05, 3.63) is 200 Å². The number of hydrogen-bond donors (Lipinski definition) is 0. The minimum atomic E-state index is 0.603. The summed E-state index contributed by atoms with van der Waals surface area (Å²) in [6.45, 7) is 0. The second-order valence-electron chi connectivity index (χ2n) is 16.3. The van der Waals surface area contributed by atoms with E-state index in [1.165, 1.54) is 61.9 Å². The number of rotatable bonds is 5. The maximum absolute atomic E-state index is 5.38. The molecule has 5 aromatic heterocycles. The van der Waals surface area contributed by atoms with Gasteiger partial charge in [-0.1, -0.05) is 146 Å². The van der Waals surface area contributed by atoms with Gasteiger partial charge in [-0.3, -0.25) is 0 Å². The molecule has 14 aromatic rings. The fourth-order valence-corrected chi connectivity index (χ4v) is 12.5. The van der Waals surface area contributed by atoms with E-state index >= 15 is 0 Å². The summed E-state index contributed by atoms with van der Waals surface area (Å²) >= 11 is 3.75. The molecular weight excluding hydrogens is 819 g/mol. The molecule has 0 radical (unpaired) electrons. The predicted molar refractivity (Wildman–Crippen MR) is 271 cm³/mol. The molecule has 0 aliphatic heterocycles. The number of benzene rings is 9. The van der Waals surface area contributed by atoms with Crippen LogP contribution in [0.2, 0.25) is 0 Å². The number of aromatic nitrogens is 5. The van der Waals surface area contributed by atoms with Crippen LogP contribution in [0.1, 0.15) is 0 Å². The average Bonchev–Trinajstić information content (AvgIpc) is 4.12. The molecule has 0 aliphatic carbocycles. The minimum absolute atomic E-state index is 0.603. The summed E-state index contributed by atoms with van der Waals surface area (Å²) in [5.41, 5.74) is 9.36. The zero-order chi connectivity index (χ0) is 41.9. The van der Waals surface area contributed by atoms with Crippen molar-refractivity contribution in [1.29, 1.82) is 0 Å². The average molecular weight is 852 g/mol. The Morgan fingerprint density at radius 1 is 0.328 bits per heavy atom. The van der Waals surface area contributed by atoms with Crippen LogP contribution in [0.3, 0.4) is 0 Å². The normalized spacial score (nSPS) is 12.1. The first-order valence-corrected chi connectivity index (χ1v) is 23.1. The Morgan fingerprint density at radius 2 is 0.781 bits per heavy atom. The highest BCUT2D eigenvalue weighted by Crippen LogP contribution is 2.46. The zero-order valence-corrected chi connectivity index (χ0v) is 35.7. The summed E-state index contributed by atoms with van der Waals surface area (Å²) in [4.78, 5) is 15.9. The quantitative estimate of drug-likeness (QED) is 0.173. The van der Waals surface area contributed by atoms with E-state index in [0.717, 1.165) is 50.1 Å². The van der Waals surface area contributed by atoms with Crippen molar-refractivity contribution >= 4 is 107 Å². The summed E-state index contributed by atoms with van der Waals surface area (Å²) in [5, 5.41) is 10.1. The third kappa shape index (κ3) is 5.19. The van der Waals surface area contributed by atoms with Crippen molar-refractivity contribution in [3.63, 3.8) is 0 Å². The van der Waals surface area contributed by atoms with Crippen LogP contribution in [-0.4, -0.2) is 24.1 Å². The summed E-state index contributed by atoms with van der Waals surface area (Å²) in [6, 6.07) is 71.7. The van der Waals surface area contributed by atoms with Crippen LogP contribution in [-0.2, 0) is 0 Å². The molecule has 0 N–H and O–H groups in total. The van der Waals surface area contributed by atoms with Gasteiger partial charge in [-0.25, -0.2) is 15.0 Å². The van der Waals surface area contributed by atoms with Gasteiger partial charge in [0.1, 0.15) is 0 Å². The lowest BCUT2D eigenvalue weighted by Crippen LogP contribution is -2.05. The highest BCUT2D eigenvalue weighted by Gasteiger charge is 2.24. The van der Waals surface area contributed by atoms with Crippen molar-refractivity contribution < 1.29 is 0 Å². The fraction of sp³-hybridized carbons (Fsp3) is 0. The van der Waals surface area contributed by atoms with E-state index in [-0.39, 0.29) is 0 Å². The Labute approximate surface area is 374 Å². The van der Waals surface area contributed by atoms with Gasteiger partial charge in [0.05, 0.1) is 27.8 Å². The SMILES string of the molecule is c1ccc(-c2nc(-c3ccccc3)nc(-c3cc(-n4c5ccccc5c5c6sc7ccccc7c6ccc54)ccc3-n3c4ccccc4c4c5sc6ccccc6c5ccc43)n2)cc1. The predicted octanol–water partition coefficient (Wildman–Crippen LogP) is 15.8. The molecule has 0 spiro atoms. The monoisotopic (exact) mass is 851 g/mol. The van der Waals surface area contributed by atoms with Crippen molar-refractivity contribution in [1.82, 2.24) is 24.1 Å². The maximum Gasteiger partial charge on any atom is 0.166 e. The number of fused-ring (bicyclic) bond motifs is 14. The first kappa shape index (κ1) is 35.6. The van der Waals surface area contributed by atoms with Gasteiger partial charge in [-0.05, 0) is 54.6 Å². The molecule has 0 atom stereocenters.